The first-order valence-corrected chi connectivity index (χ1v) is 9.22. The van der Waals surface area contributed by atoms with Crippen LogP contribution in [-0.4, -0.2) is 43.1 Å². The molecule has 0 aromatic carbocycles. The number of nitrogens with zero attached hydrogens (tertiary/aromatic N) is 1. The minimum Gasteiger partial charge on any atom is -0.389 e. The summed E-state index contributed by atoms with van der Waals surface area (Å²) in [5.41, 5.74) is -0.867. The van der Waals surface area contributed by atoms with Crippen LogP contribution < -0.4 is 4.72 Å². The van der Waals surface area contributed by atoms with E-state index in [4.69, 9.17) is 0 Å². The van der Waals surface area contributed by atoms with Crippen molar-refractivity contribution in [2.24, 2.45) is 11.8 Å². The maximum atomic E-state index is 12.3. The van der Waals surface area contributed by atoms with Gasteiger partial charge in [0.2, 0.25) is 0 Å². The molecule has 1 aliphatic heterocycles. The van der Waals surface area contributed by atoms with Crippen molar-refractivity contribution in [1.82, 2.24) is 9.03 Å². The van der Waals surface area contributed by atoms with Crippen LogP contribution >= 0.6 is 0 Å². The van der Waals surface area contributed by atoms with Crippen molar-refractivity contribution < 1.29 is 13.5 Å². The average molecular weight is 304 g/mol. The van der Waals surface area contributed by atoms with Crippen LogP contribution in [0.15, 0.2) is 0 Å². The molecule has 0 aromatic rings. The Bertz CT molecular complexity index is 418. The largest absolute Gasteiger partial charge is 0.389 e. The maximum Gasteiger partial charge on any atom is 0.279 e. The van der Waals surface area contributed by atoms with Gasteiger partial charge in [-0.2, -0.15) is 17.4 Å². The van der Waals surface area contributed by atoms with Crippen molar-refractivity contribution in [2.45, 2.75) is 58.0 Å². The van der Waals surface area contributed by atoms with Crippen molar-refractivity contribution in [1.29, 1.82) is 0 Å². The van der Waals surface area contributed by atoms with Gasteiger partial charge in [-0.1, -0.05) is 26.7 Å². The van der Waals surface area contributed by atoms with E-state index in [-0.39, 0.29) is 6.54 Å². The van der Waals surface area contributed by atoms with E-state index in [1.54, 1.807) is 0 Å². The summed E-state index contributed by atoms with van der Waals surface area (Å²) in [6, 6.07) is 0. The summed E-state index contributed by atoms with van der Waals surface area (Å²) in [4.78, 5) is 0. The lowest BCUT2D eigenvalue weighted by Crippen LogP contribution is -2.51. The topological polar surface area (TPSA) is 69.6 Å². The molecule has 2 atom stereocenters. The number of nitrogens with one attached hydrogen (secondary N) is 1. The molecule has 20 heavy (non-hydrogen) atoms. The highest BCUT2D eigenvalue weighted by molar-refractivity contribution is 7.87. The molecule has 0 bridgehead atoms. The van der Waals surface area contributed by atoms with Gasteiger partial charge in [-0.3, -0.25) is 0 Å². The van der Waals surface area contributed by atoms with E-state index in [1.807, 2.05) is 0 Å². The van der Waals surface area contributed by atoms with E-state index in [0.717, 1.165) is 25.7 Å². The highest BCUT2D eigenvalue weighted by Gasteiger charge is 2.35. The minimum atomic E-state index is -3.44. The van der Waals surface area contributed by atoms with E-state index in [2.05, 4.69) is 18.6 Å². The Labute approximate surface area is 122 Å². The fourth-order valence-corrected chi connectivity index (χ4v) is 4.66. The third-order valence-electron chi connectivity index (χ3n) is 4.73. The zero-order chi connectivity index (χ0) is 14.8. The van der Waals surface area contributed by atoms with Crippen LogP contribution in [0, 0.1) is 11.8 Å². The van der Waals surface area contributed by atoms with Gasteiger partial charge in [0.15, 0.2) is 0 Å². The normalized spacial score (nSPS) is 34.2. The van der Waals surface area contributed by atoms with Gasteiger partial charge >= 0.3 is 0 Å². The first-order valence-electron chi connectivity index (χ1n) is 7.78. The molecule has 118 valence electrons. The molecule has 2 unspecified atom stereocenters. The second kappa shape index (κ2) is 6.30. The molecule has 2 N–H and O–H groups in total. The van der Waals surface area contributed by atoms with Crippen LogP contribution in [0.1, 0.15) is 52.4 Å². The van der Waals surface area contributed by atoms with Crippen LogP contribution in [0.4, 0.5) is 0 Å². The SMILES string of the molecule is CC1CCN(S(=O)(=O)NCC2(O)CCCC(C)C2)CC1. The Hall–Kier alpha value is -0.170. The molecule has 0 aromatic heterocycles. The quantitative estimate of drug-likeness (QED) is 0.827. The van der Waals surface area contributed by atoms with Crippen LogP contribution in [0.3, 0.4) is 0 Å². The minimum absolute atomic E-state index is 0.145. The third kappa shape index (κ3) is 4.16. The lowest BCUT2D eigenvalue weighted by molar-refractivity contribution is -0.00784. The third-order valence-corrected chi connectivity index (χ3v) is 6.29. The Morgan fingerprint density at radius 1 is 1.20 bits per heavy atom. The van der Waals surface area contributed by atoms with Gasteiger partial charge in [0, 0.05) is 19.6 Å². The molecular weight excluding hydrogens is 276 g/mol. The molecule has 1 saturated carbocycles. The lowest BCUT2D eigenvalue weighted by Gasteiger charge is -2.36. The van der Waals surface area contributed by atoms with Crippen molar-refractivity contribution in [2.75, 3.05) is 19.6 Å². The summed E-state index contributed by atoms with van der Waals surface area (Å²) in [5.74, 6) is 1.07. The Kier molecular flexibility index (Phi) is 5.10. The number of hydrogen-bond donors (Lipinski definition) is 2. The summed E-state index contributed by atoms with van der Waals surface area (Å²) in [7, 11) is -3.44. The molecule has 5 nitrogen and oxygen atoms in total. The smallest absolute Gasteiger partial charge is 0.279 e. The maximum absolute atomic E-state index is 12.3. The molecule has 2 aliphatic rings. The van der Waals surface area contributed by atoms with E-state index in [9.17, 15) is 13.5 Å². The Morgan fingerprint density at radius 3 is 2.45 bits per heavy atom. The van der Waals surface area contributed by atoms with Crippen LogP contribution in [-0.2, 0) is 10.2 Å². The second-order valence-electron chi connectivity index (χ2n) is 6.83. The fourth-order valence-electron chi connectivity index (χ4n) is 3.33. The number of rotatable bonds is 4. The summed E-state index contributed by atoms with van der Waals surface area (Å²) in [5, 5.41) is 10.5. The zero-order valence-electron chi connectivity index (χ0n) is 12.6. The lowest BCUT2D eigenvalue weighted by atomic mass is 9.79. The fraction of sp³-hybridized carbons (Fsp3) is 1.00. The zero-order valence-corrected chi connectivity index (χ0v) is 13.5. The highest BCUT2D eigenvalue weighted by atomic mass is 32.2. The molecular formula is C14H28N2O3S. The van der Waals surface area contributed by atoms with Crippen LogP contribution in [0.5, 0.6) is 0 Å². The average Bonchev–Trinajstić information content (AvgIpc) is 2.37. The van der Waals surface area contributed by atoms with Gasteiger partial charge in [0.25, 0.3) is 10.2 Å². The monoisotopic (exact) mass is 304 g/mol. The van der Waals surface area contributed by atoms with Crippen molar-refractivity contribution in [3.63, 3.8) is 0 Å². The van der Waals surface area contributed by atoms with Gasteiger partial charge in [-0.15, -0.1) is 0 Å². The number of aliphatic hydroxyl groups is 1. The van der Waals surface area contributed by atoms with Gasteiger partial charge < -0.3 is 5.11 Å². The molecule has 0 spiro atoms. The van der Waals surface area contributed by atoms with E-state index in [0.29, 0.717) is 37.8 Å². The van der Waals surface area contributed by atoms with Gasteiger partial charge in [0.05, 0.1) is 5.60 Å². The summed E-state index contributed by atoms with van der Waals surface area (Å²) < 4.78 is 28.7. The summed E-state index contributed by atoms with van der Waals surface area (Å²) >= 11 is 0. The van der Waals surface area contributed by atoms with Crippen molar-refractivity contribution in [3.8, 4) is 0 Å². The summed E-state index contributed by atoms with van der Waals surface area (Å²) in [6.45, 7) is 5.59. The molecule has 0 amide bonds. The molecule has 0 radical (unpaired) electrons. The molecule has 1 aliphatic carbocycles. The first-order chi connectivity index (χ1) is 9.31. The van der Waals surface area contributed by atoms with Crippen LogP contribution in [0.25, 0.3) is 0 Å². The van der Waals surface area contributed by atoms with E-state index < -0.39 is 15.8 Å². The Balaban J connectivity index is 1.88. The van der Waals surface area contributed by atoms with Crippen LogP contribution in [0.2, 0.25) is 0 Å². The predicted octanol–water partition coefficient (Wildman–Crippen LogP) is 1.49. The van der Waals surface area contributed by atoms with Crippen molar-refractivity contribution in [3.05, 3.63) is 0 Å². The molecule has 2 rings (SSSR count). The first kappa shape index (κ1) is 16.2. The van der Waals surface area contributed by atoms with Gasteiger partial charge in [-0.05, 0) is 37.5 Å². The Morgan fingerprint density at radius 2 is 1.85 bits per heavy atom. The van der Waals surface area contributed by atoms with E-state index in [1.165, 1.54) is 4.31 Å². The van der Waals surface area contributed by atoms with Crippen molar-refractivity contribution >= 4 is 10.2 Å². The highest BCUT2D eigenvalue weighted by Crippen LogP contribution is 2.31. The van der Waals surface area contributed by atoms with Gasteiger partial charge in [0.1, 0.15) is 0 Å². The van der Waals surface area contributed by atoms with E-state index >= 15 is 0 Å². The number of piperidine rings is 1. The second-order valence-corrected chi connectivity index (χ2v) is 8.59. The number of hydrogen-bond acceptors (Lipinski definition) is 3. The molecule has 1 saturated heterocycles. The molecule has 6 heteroatoms. The molecule has 1 heterocycles. The van der Waals surface area contributed by atoms with Gasteiger partial charge in [-0.25, -0.2) is 0 Å². The summed E-state index contributed by atoms with van der Waals surface area (Å²) in [6.07, 6.45) is 5.31. The standard InChI is InChI=1S/C14H28N2O3S/c1-12-5-8-16(9-6-12)20(18,19)15-11-14(17)7-3-4-13(2)10-14/h12-13,15,17H,3-11H2,1-2H3. The molecule has 2 fully saturated rings. The predicted molar refractivity (Wildman–Crippen MR) is 79.5 cm³/mol.